The molecule has 55 heavy (non-hydrogen) atoms. The summed E-state index contributed by atoms with van der Waals surface area (Å²) in [6.07, 6.45) is -4.53. The molecule has 0 amide bonds. The molecule has 0 saturated carbocycles. The highest BCUT2D eigenvalue weighted by atomic mass is 19.4. The van der Waals surface area contributed by atoms with Crippen molar-refractivity contribution < 1.29 is 17.6 Å². The van der Waals surface area contributed by atoms with Crippen LogP contribution in [0.25, 0.3) is 87.6 Å². The zero-order valence-electron chi connectivity index (χ0n) is 30.0. The van der Waals surface area contributed by atoms with Crippen LogP contribution >= 0.6 is 0 Å². The number of benzene rings is 9. The van der Waals surface area contributed by atoms with Crippen molar-refractivity contribution in [2.75, 3.05) is 0 Å². The average molecular weight is 721 g/mol. The Hall–Kier alpha value is -6.26. The van der Waals surface area contributed by atoms with Gasteiger partial charge in [0.1, 0.15) is 5.41 Å². The summed E-state index contributed by atoms with van der Waals surface area (Å²) in [7, 11) is 0. The van der Waals surface area contributed by atoms with E-state index in [0.29, 0.717) is 22.3 Å². The zero-order valence-corrected chi connectivity index (χ0v) is 30.0. The van der Waals surface area contributed by atoms with Crippen LogP contribution in [0, 0.1) is 0 Å². The second-order valence-electron chi connectivity index (χ2n) is 15.4. The Morgan fingerprint density at radius 1 is 0.382 bits per heavy atom. The van der Waals surface area contributed by atoms with Crippen molar-refractivity contribution in [3.05, 3.63) is 180 Å². The molecule has 2 aliphatic rings. The summed E-state index contributed by atoms with van der Waals surface area (Å²) >= 11 is 0. The van der Waals surface area contributed by atoms with Gasteiger partial charge in [-0.25, -0.2) is 4.39 Å². The molecule has 9 aromatic carbocycles. The maximum absolute atomic E-state index is 16.9. The quantitative estimate of drug-likeness (QED) is 0.0948. The normalized spacial score (nSPS) is 18.5. The lowest BCUT2D eigenvalue weighted by Gasteiger charge is -2.30. The molecule has 0 radical (unpaired) electrons. The molecule has 11 rings (SSSR count). The van der Waals surface area contributed by atoms with Crippen molar-refractivity contribution in [3.63, 3.8) is 0 Å². The molecule has 4 heteroatoms. The molecule has 0 bridgehead atoms. The molecule has 2 atom stereocenters. The Kier molecular flexibility index (Phi) is 6.39. The van der Waals surface area contributed by atoms with Gasteiger partial charge in [0.2, 0.25) is 0 Å². The highest BCUT2D eigenvalue weighted by Crippen LogP contribution is 2.58. The van der Waals surface area contributed by atoms with Crippen LogP contribution in [0.5, 0.6) is 0 Å². The first kappa shape index (κ1) is 32.2. The number of halogens is 4. The van der Waals surface area contributed by atoms with Gasteiger partial charge in [0.05, 0.1) is 0 Å². The third-order valence-electron chi connectivity index (χ3n) is 12.6. The van der Waals surface area contributed by atoms with Crippen LogP contribution in [0.15, 0.2) is 158 Å². The summed E-state index contributed by atoms with van der Waals surface area (Å²) in [5, 5.41) is 7.97. The Balaban J connectivity index is 1.30. The van der Waals surface area contributed by atoms with Crippen molar-refractivity contribution >= 4 is 43.1 Å². The van der Waals surface area contributed by atoms with Gasteiger partial charge in [-0.05, 0) is 125 Å². The van der Waals surface area contributed by atoms with Crippen molar-refractivity contribution in [2.24, 2.45) is 0 Å². The fourth-order valence-electron chi connectivity index (χ4n) is 10.00. The Labute approximate surface area is 315 Å². The maximum atomic E-state index is 16.9. The topological polar surface area (TPSA) is 0 Å². The highest BCUT2D eigenvalue weighted by molar-refractivity contribution is 6.36. The maximum Gasteiger partial charge on any atom is 0.402 e. The molecular weight excluding hydrogens is 689 g/mol. The molecule has 0 nitrogen and oxygen atoms in total. The van der Waals surface area contributed by atoms with Gasteiger partial charge >= 0.3 is 6.18 Å². The summed E-state index contributed by atoms with van der Waals surface area (Å²) in [6.45, 7) is 2.96. The van der Waals surface area contributed by atoms with E-state index in [4.69, 9.17) is 0 Å². The van der Waals surface area contributed by atoms with Gasteiger partial charge in [-0.2, -0.15) is 13.2 Å². The number of hydrogen-bond acceptors (Lipinski definition) is 0. The van der Waals surface area contributed by atoms with E-state index in [9.17, 15) is 0 Å². The van der Waals surface area contributed by atoms with Crippen LogP contribution in [0.1, 0.15) is 36.1 Å². The predicted molar refractivity (Wildman–Crippen MR) is 218 cm³/mol. The van der Waals surface area contributed by atoms with Gasteiger partial charge in [0.15, 0.2) is 5.67 Å². The fraction of sp³-hybridized carbons (Fsp3) is 0.0980. The summed E-state index contributed by atoms with van der Waals surface area (Å²) in [5.41, 5.74) is 4.41. The first-order chi connectivity index (χ1) is 26.6. The molecule has 0 heterocycles. The number of rotatable bonds is 2. The van der Waals surface area contributed by atoms with Gasteiger partial charge in [-0.1, -0.05) is 146 Å². The standard InChI is InChI=1S/C51H32F4/c1-49(51(53,54)55)41-21-11-9-15-33(41)35-25-23-29(27-43(35)49)45-39-19-7-8-20-40(39)46(30-24-26-36-34-16-10-12-22-42(34)50(2,52)44(36)28-30)48-38-18-6-4-14-32(38)31-13-3-5-17-37(31)47(45)48/h3-28H,1-2H3. The van der Waals surface area contributed by atoms with Crippen LogP contribution in [0.3, 0.4) is 0 Å². The van der Waals surface area contributed by atoms with Crippen molar-refractivity contribution in [2.45, 2.75) is 31.1 Å². The number of hydrogen-bond donors (Lipinski definition) is 0. The van der Waals surface area contributed by atoms with Gasteiger partial charge in [-0.15, -0.1) is 0 Å². The summed E-state index contributed by atoms with van der Waals surface area (Å²) < 4.78 is 63.1. The third kappa shape index (κ3) is 4.12. The van der Waals surface area contributed by atoms with Crippen LogP contribution in [-0.4, -0.2) is 6.18 Å². The number of fused-ring (bicyclic) bond motifs is 13. The van der Waals surface area contributed by atoms with Crippen molar-refractivity contribution in [1.29, 1.82) is 0 Å². The van der Waals surface area contributed by atoms with E-state index in [1.54, 1.807) is 37.3 Å². The van der Waals surface area contributed by atoms with Gasteiger partial charge in [-0.3, -0.25) is 0 Å². The summed E-state index contributed by atoms with van der Waals surface area (Å²) in [5.74, 6) is 0. The van der Waals surface area contributed by atoms with E-state index in [-0.39, 0.29) is 11.1 Å². The fourth-order valence-corrected chi connectivity index (χ4v) is 10.00. The molecule has 264 valence electrons. The van der Waals surface area contributed by atoms with E-state index in [1.165, 1.54) is 6.92 Å². The molecule has 0 aliphatic heterocycles. The molecule has 0 saturated heterocycles. The zero-order chi connectivity index (χ0) is 37.4. The second kappa shape index (κ2) is 10.9. The van der Waals surface area contributed by atoms with Gasteiger partial charge < -0.3 is 0 Å². The molecular formula is C51H32F4. The summed E-state index contributed by atoms with van der Waals surface area (Å²) in [6, 6.07) is 51.2. The van der Waals surface area contributed by atoms with Crippen LogP contribution in [0.4, 0.5) is 17.6 Å². The third-order valence-corrected chi connectivity index (χ3v) is 12.6. The first-order valence-corrected chi connectivity index (χ1v) is 18.6. The number of alkyl halides is 4. The minimum atomic E-state index is -4.53. The predicted octanol–water partition coefficient (Wildman–Crippen LogP) is 14.7. The Morgan fingerprint density at radius 3 is 1.29 bits per heavy atom. The largest absolute Gasteiger partial charge is 0.402 e. The lowest BCUT2D eigenvalue weighted by atomic mass is 9.77. The van der Waals surface area contributed by atoms with Crippen LogP contribution < -0.4 is 0 Å². The minimum absolute atomic E-state index is 0.255. The lowest BCUT2D eigenvalue weighted by molar-refractivity contribution is -0.172. The molecule has 2 aliphatic carbocycles. The second-order valence-corrected chi connectivity index (χ2v) is 15.4. The Morgan fingerprint density at radius 2 is 0.764 bits per heavy atom. The molecule has 0 aromatic heterocycles. The van der Waals surface area contributed by atoms with Crippen molar-refractivity contribution in [1.82, 2.24) is 0 Å². The van der Waals surface area contributed by atoms with Gasteiger partial charge in [0, 0.05) is 11.1 Å². The average Bonchev–Trinajstić information content (AvgIpc) is 3.61. The monoisotopic (exact) mass is 720 g/mol. The highest BCUT2D eigenvalue weighted by Gasteiger charge is 2.58. The molecule has 9 aromatic rings. The molecule has 2 unspecified atom stereocenters. The van der Waals surface area contributed by atoms with E-state index in [2.05, 4.69) is 42.5 Å². The Bertz CT molecular complexity index is 3130. The van der Waals surface area contributed by atoms with Gasteiger partial charge in [0.25, 0.3) is 0 Å². The molecule has 0 N–H and O–H groups in total. The lowest BCUT2D eigenvalue weighted by Crippen LogP contribution is -2.38. The minimum Gasteiger partial charge on any atom is -0.234 e. The van der Waals surface area contributed by atoms with E-state index >= 15 is 17.6 Å². The van der Waals surface area contributed by atoms with Crippen LogP contribution in [0.2, 0.25) is 0 Å². The molecule has 0 spiro atoms. The van der Waals surface area contributed by atoms with E-state index in [0.717, 1.165) is 76.5 Å². The van der Waals surface area contributed by atoms with E-state index in [1.807, 2.05) is 84.9 Å². The van der Waals surface area contributed by atoms with Crippen LogP contribution in [-0.2, 0) is 11.1 Å². The SMILES string of the molecule is CC1(F)c2ccccc2-c2ccc(-c3c4ccccc4c(-c4ccc5c(c4)C(C)(C(F)(F)F)c4ccccc4-5)c4c5ccccc5c5ccccc5c34)cc21. The molecule has 0 fully saturated rings. The van der Waals surface area contributed by atoms with E-state index < -0.39 is 17.3 Å². The van der Waals surface area contributed by atoms with Crippen molar-refractivity contribution in [3.8, 4) is 44.5 Å². The first-order valence-electron chi connectivity index (χ1n) is 18.6. The smallest absolute Gasteiger partial charge is 0.234 e. The summed E-state index contributed by atoms with van der Waals surface area (Å²) in [4.78, 5) is 0.